The topological polar surface area (TPSA) is 76.1 Å². The molecule has 0 aromatic heterocycles. The van der Waals surface area contributed by atoms with Crippen LogP contribution in [0.3, 0.4) is 0 Å². The normalized spacial score (nSPS) is 39.0. The van der Waals surface area contributed by atoms with Gasteiger partial charge in [-0.3, -0.25) is 4.79 Å². The minimum absolute atomic E-state index is 0.105. The summed E-state index contributed by atoms with van der Waals surface area (Å²) < 4.78 is 11.3. The lowest BCUT2D eigenvalue weighted by Gasteiger charge is -2.26. The largest absolute Gasteiger partial charge is 0.481 e. The van der Waals surface area contributed by atoms with Gasteiger partial charge in [-0.15, -0.1) is 0 Å². The molecule has 6 heteroatoms. The van der Waals surface area contributed by atoms with Gasteiger partial charge in [-0.2, -0.15) is 0 Å². The molecule has 6 nitrogen and oxygen atoms in total. The van der Waals surface area contributed by atoms with E-state index in [4.69, 9.17) is 9.47 Å². The van der Waals surface area contributed by atoms with Crippen LogP contribution in [0.1, 0.15) is 33.6 Å². The van der Waals surface area contributed by atoms with E-state index in [-0.39, 0.29) is 18.1 Å². The van der Waals surface area contributed by atoms with Gasteiger partial charge in [0.15, 0.2) is 0 Å². The molecule has 3 rings (SSSR count). The van der Waals surface area contributed by atoms with E-state index in [9.17, 15) is 14.7 Å². The summed E-state index contributed by atoms with van der Waals surface area (Å²) in [4.78, 5) is 25.2. The first-order valence-electron chi connectivity index (χ1n) is 7.10. The Morgan fingerprint density at radius 1 is 1.40 bits per heavy atom. The Bertz CT molecular complexity index is 457. The summed E-state index contributed by atoms with van der Waals surface area (Å²) in [6, 6.07) is 0. The van der Waals surface area contributed by atoms with Crippen LogP contribution in [0.5, 0.6) is 0 Å². The Kier molecular flexibility index (Phi) is 2.80. The van der Waals surface area contributed by atoms with Crippen molar-refractivity contribution >= 4 is 12.1 Å². The monoisotopic (exact) mass is 283 g/mol. The number of ether oxygens (including phenoxy) is 2. The van der Waals surface area contributed by atoms with Gasteiger partial charge in [-0.05, 0) is 33.6 Å². The highest BCUT2D eigenvalue weighted by molar-refractivity contribution is 5.74. The Morgan fingerprint density at radius 2 is 2.10 bits per heavy atom. The standard InChI is InChI=1S/C14H21NO5/c1-13(2,3)20-12(18)15-6-8-10(11(16)17)9-4-5-14(8,7-15)19-9/h8-10H,4-7H2,1-3H3,(H,16,17)/t8-,9+,10+,14+/m0/s1. The summed E-state index contributed by atoms with van der Waals surface area (Å²) in [5.74, 6) is -1.41. The van der Waals surface area contributed by atoms with Crippen molar-refractivity contribution in [2.24, 2.45) is 11.8 Å². The lowest BCUT2D eigenvalue weighted by Crippen LogP contribution is -2.39. The summed E-state index contributed by atoms with van der Waals surface area (Å²) >= 11 is 0. The molecule has 0 aromatic rings. The highest BCUT2D eigenvalue weighted by atomic mass is 16.6. The number of carbonyl (C=O) groups is 2. The maximum atomic E-state index is 12.1. The number of hydrogen-bond donors (Lipinski definition) is 1. The van der Waals surface area contributed by atoms with E-state index >= 15 is 0 Å². The molecule has 2 bridgehead atoms. The molecule has 20 heavy (non-hydrogen) atoms. The predicted molar refractivity (Wildman–Crippen MR) is 69.3 cm³/mol. The van der Waals surface area contributed by atoms with Gasteiger partial charge in [0.2, 0.25) is 0 Å². The molecular weight excluding hydrogens is 262 g/mol. The molecule has 1 N–H and O–H groups in total. The highest BCUT2D eigenvalue weighted by Gasteiger charge is 2.66. The fourth-order valence-corrected chi connectivity index (χ4v) is 3.85. The maximum absolute atomic E-state index is 12.1. The van der Waals surface area contributed by atoms with Crippen LogP contribution in [0.25, 0.3) is 0 Å². The number of carbonyl (C=O) groups excluding carboxylic acids is 1. The summed E-state index contributed by atoms with van der Waals surface area (Å²) in [6.45, 7) is 6.34. The van der Waals surface area contributed by atoms with E-state index < -0.39 is 23.1 Å². The number of fused-ring (bicyclic) bond motifs is 1. The van der Waals surface area contributed by atoms with E-state index in [0.29, 0.717) is 13.1 Å². The van der Waals surface area contributed by atoms with Crippen molar-refractivity contribution in [1.82, 2.24) is 4.90 Å². The van der Waals surface area contributed by atoms with Gasteiger partial charge < -0.3 is 19.5 Å². The minimum atomic E-state index is -0.812. The second kappa shape index (κ2) is 4.10. The van der Waals surface area contributed by atoms with Gasteiger partial charge in [0.25, 0.3) is 0 Å². The molecule has 3 saturated heterocycles. The molecule has 0 radical (unpaired) electrons. The van der Waals surface area contributed by atoms with Crippen LogP contribution in [-0.2, 0) is 14.3 Å². The minimum Gasteiger partial charge on any atom is -0.481 e. The number of likely N-dealkylation sites (tertiary alicyclic amines) is 1. The summed E-state index contributed by atoms with van der Waals surface area (Å²) in [7, 11) is 0. The van der Waals surface area contributed by atoms with E-state index in [1.165, 1.54) is 0 Å². The predicted octanol–water partition coefficient (Wildman–Crippen LogP) is 1.49. The smallest absolute Gasteiger partial charge is 0.410 e. The molecule has 0 unspecified atom stereocenters. The fourth-order valence-electron chi connectivity index (χ4n) is 3.85. The third-order valence-corrected chi connectivity index (χ3v) is 4.56. The SMILES string of the molecule is CC(C)(C)OC(=O)N1C[C@H]2[C@@H](C(=O)O)[C@H]3CC[C@]2(C1)O3. The molecule has 3 aliphatic heterocycles. The third kappa shape index (κ3) is 1.97. The number of nitrogens with zero attached hydrogens (tertiary/aromatic N) is 1. The van der Waals surface area contributed by atoms with Gasteiger partial charge >= 0.3 is 12.1 Å². The lowest BCUT2D eigenvalue weighted by molar-refractivity contribution is -0.144. The van der Waals surface area contributed by atoms with Crippen molar-refractivity contribution in [2.45, 2.75) is 50.9 Å². The molecule has 3 aliphatic rings. The number of carboxylic acid groups (broad SMARTS) is 1. The van der Waals surface area contributed by atoms with Crippen LogP contribution < -0.4 is 0 Å². The number of rotatable bonds is 1. The van der Waals surface area contributed by atoms with E-state index in [1.807, 2.05) is 20.8 Å². The molecule has 112 valence electrons. The first-order valence-corrected chi connectivity index (χ1v) is 7.10. The summed E-state index contributed by atoms with van der Waals surface area (Å²) in [6.07, 6.45) is 1.05. The first kappa shape index (κ1) is 13.7. The molecule has 1 spiro atoms. The van der Waals surface area contributed by atoms with E-state index in [1.54, 1.807) is 4.90 Å². The fraction of sp³-hybridized carbons (Fsp3) is 0.857. The van der Waals surface area contributed by atoms with Crippen LogP contribution in [0, 0.1) is 11.8 Å². The van der Waals surface area contributed by atoms with E-state index in [2.05, 4.69) is 0 Å². The van der Waals surface area contributed by atoms with E-state index in [0.717, 1.165) is 12.8 Å². The highest BCUT2D eigenvalue weighted by Crippen LogP contribution is 2.54. The van der Waals surface area contributed by atoms with Crippen molar-refractivity contribution < 1.29 is 24.2 Å². The third-order valence-electron chi connectivity index (χ3n) is 4.56. The zero-order valence-electron chi connectivity index (χ0n) is 12.1. The summed E-state index contributed by atoms with van der Waals surface area (Å²) in [5, 5.41) is 9.38. The lowest BCUT2D eigenvalue weighted by atomic mass is 9.74. The average Bonchev–Trinajstić information content (AvgIpc) is 2.90. The second-order valence-electron chi connectivity index (χ2n) is 7.09. The van der Waals surface area contributed by atoms with Gasteiger partial charge in [0.05, 0.1) is 24.2 Å². The number of aliphatic carboxylic acids is 1. The summed E-state index contributed by atoms with van der Waals surface area (Å²) in [5.41, 5.74) is -0.998. The van der Waals surface area contributed by atoms with Gasteiger partial charge in [0, 0.05) is 12.5 Å². The number of amides is 1. The Morgan fingerprint density at radius 3 is 2.70 bits per heavy atom. The van der Waals surface area contributed by atoms with Crippen LogP contribution in [0.4, 0.5) is 4.79 Å². The molecule has 0 saturated carbocycles. The molecule has 0 aliphatic carbocycles. The molecule has 3 fully saturated rings. The maximum Gasteiger partial charge on any atom is 0.410 e. The van der Waals surface area contributed by atoms with Crippen LogP contribution >= 0.6 is 0 Å². The molecular formula is C14H21NO5. The zero-order chi connectivity index (χ0) is 14.7. The van der Waals surface area contributed by atoms with Crippen molar-refractivity contribution in [3.05, 3.63) is 0 Å². The quantitative estimate of drug-likeness (QED) is 0.789. The molecule has 3 heterocycles. The first-order chi connectivity index (χ1) is 9.22. The van der Waals surface area contributed by atoms with Crippen molar-refractivity contribution in [3.8, 4) is 0 Å². The van der Waals surface area contributed by atoms with Crippen molar-refractivity contribution in [1.29, 1.82) is 0 Å². The van der Waals surface area contributed by atoms with Crippen LogP contribution in [0.2, 0.25) is 0 Å². The average molecular weight is 283 g/mol. The van der Waals surface area contributed by atoms with Gasteiger partial charge in [-0.25, -0.2) is 4.79 Å². The van der Waals surface area contributed by atoms with Gasteiger partial charge in [0.1, 0.15) is 5.60 Å². The van der Waals surface area contributed by atoms with Gasteiger partial charge in [-0.1, -0.05) is 0 Å². The number of carboxylic acids is 1. The molecule has 1 amide bonds. The Labute approximate surface area is 118 Å². The van der Waals surface area contributed by atoms with Crippen LogP contribution in [0.15, 0.2) is 0 Å². The number of hydrogen-bond acceptors (Lipinski definition) is 4. The van der Waals surface area contributed by atoms with Crippen LogP contribution in [-0.4, -0.2) is 52.5 Å². The molecule has 0 aromatic carbocycles. The second-order valence-corrected chi connectivity index (χ2v) is 7.09. The Hall–Kier alpha value is -1.30. The van der Waals surface area contributed by atoms with Crippen molar-refractivity contribution in [3.63, 3.8) is 0 Å². The van der Waals surface area contributed by atoms with Crippen molar-refractivity contribution in [2.75, 3.05) is 13.1 Å². The molecule has 4 atom stereocenters. The zero-order valence-corrected chi connectivity index (χ0v) is 12.1. The Balaban J connectivity index is 1.76.